The number of hydrazone groups is 1. The predicted molar refractivity (Wildman–Crippen MR) is 101 cm³/mol. The smallest absolute Gasteiger partial charge is 0.321 e. The average Bonchev–Trinajstić information content (AvgIpc) is 3.10. The number of methoxy groups -OCH3 is 1. The zero-order valence-electron chi connectivity index (χ0n) is 15.4. The molecule has 0 radical (unpaired) electrons. The highest BCUT2D eigenvalue weighted by molar-refractivity contribution is 5.81. The molecule has 0 spiro atoms. The molecule has 0 atom stereocenters. The third kappa shape index (κ3) is 5.89. The van der Waals surface area contributed by atoms with Gasteiger partial charge in [-0.3, -0.25) is 25.0 Å². The molecule has 0 saturated carbocycles. The summed E-state index contributed by atoms with van der Waals surface area (Å²) in [5.41, 5.74) is 0.913. The highest BCUT2D eigenvalue weighted by Crippen LogP contribution is 2.40. The number of nitro groups is 2. The third-order valence-corrected chi connectivity index (χ3v) is 3.37. The van der Waals surface area contributed by atoms with Crippen molar-refractivity contribution in [2.24, 2.45) is 5.10 Å². The number of benzene rings is 1. The zero-order valence-corrected chi connectivity index (χ0v) is 15.4. The van der Waals surface area contributed by atoms with Gasteiger partial charge >= 0.3 is 5.69 Å². The van der Waals surface area contributed by atoms with Crippen LogP contribution in [0.2, 0.25) is 0 Å². The molecule has 1 aromatic heterocycles. The van der Waals surface area contributed by atoms with Gasteiger partial charge in [-0.1, -0.05) is 0 Å². The van der Waals surface area contributed by atoms with Gasteiger partial charge in [0, 0.05) is 6.21 Å². The first-order valence-corrected chi connectivity index (χ1v) is 8.00. The summed E-state index contributed by atoms with van der Waals surface area (Å²) < 4.78 is 15.4. The number of nitrogens with zero attached hydrogens (tertiary/aromatic N) is 3. The Morgan fingerprint density at radius 1 is 1.28 bits per heavy atom. The van der Waals surface area contributed by atoms with Crippen molar-refractivity contribution in [1.82, 2.24) is 5.43 Å². The first-order chi connectivity index (χ1) is 13.8. The summed E-state index contributed by atoms with van der Waals surface area (Å²) >= 11 is 0. The molecule has 0 fully saturated rings. The van der Waals surface area contributed by atoms with Gasteiger partial charge in [0.25, 0.3) is 11.6 Å². The lowest BCUT2D eigenvalue weighted by Gasteiger charge is -2.10. The van der Waals surface area contributed by atoms with Crippen LogP contribution in [-0.2, 0) is 4.79 Å². The van der Waals surface area contributed by atoms with Crippen molar-refractivity contribution in [3.8, 4) is 11.5 Å². The van der Waals surface area contributed by atoms with Gasteiger partial charge in [0.1, 0.15) is 11.5 Å². The Kier molecular flexibility index (Phi) is 7.01. The first-order valence-electron chi connectivity index (χ1n) is 8.00. The monoisotopic (exact) mass is 404 g/mol. The molecule has 29 heavy (non-hydrogen) atoms. The second-order valence-corrected chi connectivity index (χ2v) is 5.42. The maximum absolute atomic E-state index is 11.8. The molecule has 0 unspecified atom stereocenters. The molecule has 0 bridgehead atoms. The third-order valence-electron chi connectivity index (χ3n) is 3.37. The van der Waals surface area contributed by atoms with Gasteiger partial charge in [-0.2, -0.15) is 5.10 Å². The number of ether oxygens (including phenoxy) is 2. The molecule has 1 amide bonds. The van der Waals surface area contributed by atoms with Crippen LogP contribution in [0.5, 0.6) is 11.5 Å². The number of carbonyl (C=O) groups is 1. The maximum atomic E-state index is 11.8. The first kappa shape index (κ1) is 21.1. The van der Waals surface area contributed by atoms with E-state index in [2.05, 4.69) is 10.5 Å². The van der Waals surface area contributed by atoms with Crippen molar-refractivity contribution in [3.05, 3.63) is 62.1 Å². The summed E-state index contributed by atoms with van der Waals surface area (Å²) in [5.74, 6) is -0.00335. The fourth-order valence-electron chi connectivity index (χ4n) is 2.11. The SMILES string of the molecule is COc1cc([N+](=O)[O-])cc([N+](=O)[O-])c1OCC(=O)N/N=C/C=C/c1ccc(C)o1. The van der Waals surface area contributed by atoms with Gasteiger partial charge in [0.05, 0.1) is 29.1 Å². The number of hydrogen-bond acceptors (Lipinski definition) is 9. The van der Waals surface area contributed by atoms with E-state index in [-0.39, 0.29) is 5.75 Å². The largest absolute Gasteiger partial charge is 0.492 e. The summed E-state index contributed by atoms with van der Waals surface area (Å²) in [6, 6.07) is 5.23. The van der Waals surface area contributed by atoms with E-state index in [9.17, 15) is 25.0 Å². The minimum atomic E-state index is -0.873. The van der Waals surface area contributed by atoms with E-state index in [0.717, 1.165) is 25.0 Å². The molecule has 152 valence electrons. The van der Waals surface area contributed by atoms with Gasteiger partial charge in [-0.25, -0.2) is 5.43 Å². The van der Waals surface area contributed by atoms with E-state index < -0.39 is 39.5 Å². The van der Waals surface area contributed by atoms with Crippen molar-refractivity contribution in [2.45, 2.75) is 6.92 Å². The number of nitrogens with one attached hydrogen (secondary N) is 1. The molecule has 2 aromatic rings. The van der Waals surface area contributed by atoms with E-state index >= 15 is 0 Å². The minimum absolute atomic E-state index is 0.251. The zero-order chi connectivity index (χ0) is 21.4. The molecule has 1 N–H and O–H groups in total. The van der Waals surface area contributed by atoms with E-state index in [1.165, 1.54) is 12.3 Å². The highest BCUT2D eigenvalue weighted by atomic mass is 16.6. The van der Waals surface area contributed by atoms with Gasteiger partial charge in [0.15, 0.2) is 12.4 Å². The van der Waals surface area contributed by atoms with Crippen molar-refractivity contribution >= 4 is 29.6 Å². The quantitative estimate of drug-likeness (QED) is 0.379. The summed E-state index contributed by atoms with van der Waals surface area (Å²) in [6.45, 7) is 1.17. The number of amides is 1. The van der Waals surface area contributed by atoms with Crippen LogP contribution in [0.1, 0.15) is 11.5 Å². The summed E-state index contributed by atoms with van der Waals surface area (Å²) in [6.07, 6.45) is 4.46. The van der Waals surface area contributed by atoms with Crippen LogP contribution in [0.25, 0.3) is 6.08 Å². The lowest BCUT2D eigenvalue weighted by molar-refractivity contribution is -0.394. The second-order valence-electron chi connectivity index (χ2n) is 5.42. The van der Waals surface area contributed by atoms with E-state index in [0.29, 0.717) is 5.76 Å². The molecule has 12 nitrogen and oxygen atoms in total. The van der Waals surface area contributed by atoms with Gasteiger partial charge in [-0.15, -0.1) is 0 Å². The number of carbonyl (C=O) groups excluding carboxylic acids is 1. The van der Waals surface area contributed by atoms with Crippen molar-refractivity contribution in [1.29, 1.82) is 0 Å². The van der Waals surface area contributed by atoms with E-state index in [1.54, 1.807) is 25.1 Å². The molecule has 0 aliphatic carbocycles. The standard InChI is InChI=1S/C17H16N4O8/c1-11-5-6-13(29-11)4-3-7-18-19-16(22)10-28-17-14(21(25)26)8-12(20(23)24)9-15(17)27-2/h3-9H,10H2,1-2H3,(H,19,22)/b4-3+,18-7+. The average molecular weight is 404 g/mol. The minimum Gasteiger partial charge on any atom is -0.492 e. The molecule has 0 aliphatic heterocycles. The molecule has 1 aromatic carbocycles. The van der Waals surface area contributed by atoms with Crippen LogP contribution in [0.4, 0.5) is 11.4 Å². The number of aryl methyl sites for hydroxylation is 1. The predicted octanol–water partition coefficient (Wildman–Crippen LogP) is 2.61. The van der Waals surface area contributed by atoms with E-state index in [4.69, 9.17) is 13.9 Å². The van der Waals surface area contributed by atoms with Crippen molar-refractivity contribution in [3.63, 3.8) is 0 Å². The van der Waals surface area contributed by atoms with Gasteiger partial charge in [0.2, 0.25) is 5.75 Å². The summed E-state index contributed by atoms with van der Waals surface area (Å²) in [5, 5.41) is 25.7. The Hall–Kier alpha value is -4.22. The Morgan fingerprint density at radius 2 is 2.03 bits per heavy atom. The number of furan rings is 1. The molecule has 12 heteroatoms. The maximum Gasteiger partial charge on any atom is 0.321 e. The fourth-order valence-corrected chi connectivity index (χ4v) is 2.11. The Balaban J connectivity index is 2.00. The number of allylic oxidation sites excluding steroid dienone is 1. The van der Waals surface area contributed by atoms with Crippen molar-refractivity contribution < 1.29 is 28.5 Å². The Labute approximate surface area is 163 Å². The van der Waals surface area contributed by atoms with E-state index in [1.807, 2.05) is 0 Å². The lowest BCUT2D eigenvalue weighted by atomic mass is 10.2. The molecule has 1 heterocycles. The molecular weight excluding hydrogens is 388 g/mol. The van der Waals surface area contributed by atoms with Crippen LogP contribution in [0, 0.1) is 27.2 Å². The second kappa shape index (κ2) is 9.64. The summed E-state index contributed by atoms with van der Waals surface area (Å²) in [7, 11) is 1.16. The number of hydrogen-bond donors (Lipinski definition) is 1. The van der Waals surface area contributed by atoms with Gasteiger partial charge in [-0.05, 0) is 31.2 Å². The molecule has 2 rings (SSSR count). The van der Waals surface area contributed by atoms with Crippen LogP contribution >= 0.6 is 0 Å². The number of rotatable bonds is 9. The molecule has 0 saturated heterocycles. The van der Waals surface area contributed by atoms with Crippen LogP contribution in [-0.4, -0.2) is 35.7 Å². The normalized spacial score (nSPS) is 11.0. The summed E-state index contributed by atoms with van der Waals surface area (Å²) in [4.78, 5) is 32.2. The lowest BCUT2D eigenvalue weighted by Crippen LogP contribution is -2.24. The Bertz CT molecular complexity index is 980. The molecule has 0 aliphatic rings. The topological polar surface area (TPSA) is 159 Å². The van der Waals surface area contributed by atoms with Gasteiger partial charge < -0.3 is 13.9 Å². The highest BCUT2D eigenvalue weighted by Gasteiger charge is 2.27. The fraction of sp³-hybridized carbons (Fsp3) is 0.176. The van der Waals surface area contributed by atoms with Crippen LogP contribution in [0.3, 0.4) is 0 Å². The Morgan fingerprint density at radius 3 is 2.62 bits per heavy atom. The molecular formula is C17H16N4O8. The van der Waals surface area contributed by atoms with Crippen LogP contribution < -0.4 is 14.9 Å². The van der Waals surface area contributed by atoms with Crippen molar-refractivity contribution in [2.75, 3.05) is 13.7 Å². The van der Waals surface area contributed by atoms with Crippen LogP contribution in [0.15, 0.2) is 39.9 Å². The number of non-ortho nitro benzene ring substituents is 1. The number of nitro benzene ring substituents is 2.